The second-order valence-corrected chi connectivity index (χ2v) is 4.35. The summed E-state index contributed by atoms with van der Waals surface area (Å²) in [5.41, 5.74) is -1.59. The molecule has 0 saturated heterocycles. The van der Waals surface area contributed by atoms with Gasteiger partial charge < -0.3 is 10.0 Å². The van der Waals surface area contributed by atoms with Gasteiger partial charge in [0, 0.05) is 18.8 Å². The van der Waals surface area contributed by atoms with Gasteiger partial charge in [-0.2, -0.15) is 0 Å². The molecule has 0 aliphatic carbocycles. The van der Waals surface area contributed by atoms with Crippen LogP contribution in [0, 0.1) is 15.9 Å². The largest absolute Gasteiger partial charge is 0.480 e. The quantitative estimate of drug-likeness (QED) is 0.658. The van der Waals surface area contributed by atoms with Crippen LogP contribution >= 0.6 is 0 Å². The lowest BCUT2D eigenvalue weighted by atomic mass is 10.0. The molecule has 0 unspecified atom stereocenters. The van der Waals surface area contributed by atoms with Crippen molar-refractivity contribution in [1.29, 1.82) is 0 Å². The van der Waals surface area contributed by atoms with Crippen LogP contribution in [0.3, 0.4) is 0 Å². The van der Waals surface area contributed by atoms with Crippen molar-refractivity contribution in [3.63, 3.8) is 0 Å². The average molecular weight is 256 g/mol. The summed E-state index contributed by atoms with van der Waals surface area (Å²) in [5, 5.41) is 19.7. The van der Waals surface area contributed by atoms with Crippen LogP contribution in [0.4, 0.5) is 15.8 Å². The fourth-order valence-electron chi connectivity index (χ4n) is 1.32. The molecule has 1 N–H and O–H groups in total. The Kier molecular flexibility index (Phi) is 3.54. The number of rotatable bonds is 4. The summed E-state index contributed by atoms with van der Waals surface area (Å²) in [6.07, 6.45) is 0. The molecule has 1 aromatic rings. The first-order valence-electron chi connectivity index (χ1n) is 5.08. The van der Waals surface area contributed by atoms with Crippen LogP contribution in [-0.2, 0) is 4.79 Å². The van der Waals surface area contributed by atoms with Gasteiger partial charge in [-0.1, -0.05) is 0 Å². The van der Waals surface area contributed by atoms with Gasteiger partial charge in [0.15, 0.2) is 0 Å². The number of carbonyl (C=O) groups is 1. The average Bonchev–Trinajstić information content (AvgIpc) is 2.26. The molecule has 0 amide bonds. The van der Waals surface area contributed by atoms with Gasteiger partial charge in [0.25, 0.3) is 5.69 Å². The van der Waals surface area contributed by atoms with Gasteiger partial charge in [0.2, 0.25) is 0 Å². The van der Waals surface area contributed by atoms with E-state index in [0.29, 0.717) is 0 Å². The molecule has 0 spiro atoms. The molecule has 18 heavy (non-hydrogen) atoms. The SMILES string of the molecule is CN(c1cc(F)cc([N+](=O)[O-])c1)C(C)(C)C(=O)O. The highest BCUT2D eigenvalue weighted by Crippen LogP contribution is 2.27. The fourth-order valence-corrected chi connectivity index (χ4v) is 1.32. The van der Waals surface area contributed by atoms with Crippen LogP contribution < -0.4 is 4.90 Å². The number of halogens is 1. The van der Waals surface area contributed by atoms with E-state index in [0.717, 1.165) is 18.2 Å². The minimum absolute atomic E-state index is 0.133. The van der Waals surface area contributed by atoms with E-state index in [2.05, 4.69) is 0 Å². The second-order valence-electron chi connectivity index (χ2n) is 4.35. The van der Waals surface area contributed by atoms with Crippen LogP contribution in [0.25, 0.3) is 0 Å². The van der Waals surface area contributed by atoms with Gasteiger partial charge in [-0.3, -0.25) is 10.1 Å². The summed E-state index contributed by atoms with van der Waals surface area (Å²) in [4.78, 5) is 22.2. The minimum Gasteiger partial charge on any atom is -0.480 e. The normalized spacial score (nSPS) is 11.1. The number of benzene rings is 1. The maximum absolute atomic E-state index is 13.3. The maximum Gasteiger partial charge on any atom is 0.328 e. The van der Waals surface area contributed by atoms with Crippen molar-refractivity contribution in [2.24, 2.45) is 0 Å². The molecule has 0 radical (unpaired) electrons. The number of hydrogen-bond donors (Lipinski definition) is 1. The molecule has 0 saturated carbocycles. The third-order valence-electron chi connectivity index (χ3n) is 2.83. The highest BCUT2D eigenvalue weighted by Gasteiger charge is 2.33. The van der Waals surface area contributed by atoms with Crippen molar-refractivity contribution in [2.45, 2.75) is 19.4 Å². The van der Waals surface area contributed by atoms with Gasteiger partial charge in [-0.15, -0.1) is 0 Å². The Morgan fingerprint density at radius 1 is 1.44 bits per heavy atom. The smallest absolute Gasteiger partial charge is 0.328 e. The molecule has 0 aromatic heterocycles. The Morgan fingerprint density at radius 3 is 2.44 bits per heavy atom. The van der Waals surface area contributed by atoms with Gasteiger partial charge in [0.1, 0.15) is 11.4 Å². The standard InChI is InChI=1S/C11H13FN2O4/c1-11(2,10(15)16)13(3)8-4-7(12)5-9(6-8)14(17)18/h4-6H,1-3H3,(H,15,16). The van der Waals surface area contributed by atoms with E-state index >= 15 is 0 Å². The Labute approximate surface area is 103 Å². The number of likely N-dealkylation sites (N-methyl/N-ethyl adjacent to an activating group) is 1. The van der Waals surface area contributed by atoms with Gasteiger partial charge in [-0.25, -0.2) is 9.18 Å². The summed E-state index contributed by atoms with van der Waals surface area (Å²) < 4.78 is 13.3. The predicted octanol–water partition coefficient (Wildman–Crippen LogP) is 2.03. The van der Waals surface area contributed by atoms with Crippen molar-refractivity contribution >= 4 is 17.3 Å². The molecule has 1 rings (SSSR count). The van der Waals surface area contributed by atoms with E-state index in [1.165, 1.54) is 25.8 Å². The fraction of sp³-hybridized carbons (Fsp3) is 0.364. The van der Waals surface area contributed by atoms with Crippen molar-refractivity contribution in [3.8, 4) is 0 Å². The van der Waals surface area contributed by atoms with Crippen molar-refractivity contribution in [1.82, 2.24) is 0 Å². The Morgan fingerprint density at radius 2 is 2.00 bits per heavy atom. The molecule has 6 nitrogen and oxygen atoms in total. The molecular formula is C11H13FN2O4. The zero-order chi connectivity index (χ0) is 14.1. The molecule has 1 aromatic carbocycles. The van der Waals surface area contributed by atoms with Gasteiger partial charge in [-0.05, 0) is 19.9 Å². The molecule has 0 heterocycles. The summed E-state index contributed by atoms with van der Waals surface area (Å²) in [6, 6.07) is 2.97. The second kappa shape index (κ2) is 4.59. The lowest BCUT2D eigenvalue weighted by Gasteiger charge is -2.33. The highest BCUT2D eigenvalue weighted by molar-refractivity contribution is 5.82. The zero-order valence-corrected chi connectivity index (χ0v) is 10.2. The lowest BCUT2D eigenvalue weighted by Crippen LogP contribution is -2.48. The predicted molar refractivity (Wildman–Crippen MR) is 63.2 cm³/mol. The van der Waals surface area contributed by atoms with E-state index in [4.69, 9.17) is 5.11 Å². The van der Waals surface area contributed by atoms with Crippen molar-refractivity contribution in [3.05, 3.63) is 34.1 Å². The van der Waals surface area contributed by atoms with Crippen LogP contribution in [0.1, 0.15) is 13.8 Å². The number of nitro groups is 1. The number of non-ortho nitro benzene ring substituents is 1. The van der Waals surface area contributed by atoms with E-state index < -0.39 is 27.9 Å². The van der Waals surface area contributed by atoms with E-state index in [1.807, 2.05) is 0 Å². The zero-order valence-electron chi connectivity index (χ0n) is 10.2. The molecule has 7 heteroatoms. The van der Waals surface area contributed by atoms with Gasteiger partial charge >= 0.3 is 5.97 Å². The number of nitro benzene ring substituents is 1. The Hall–Kier alpha value is -2.18. The highest BCUT2D eigenvalue weighted by atomic mass is 19.1. The first kappa shape index (κ1) is 13.9. The van der Waals surface area contributed by atoms with E-state index in [-0.39, 0.29) is 5.69 Å². The Bertz CT molecular complexity index is 502. The van der Waals surface area contributed by atoms with E-state index in [1.54, 1.807) is 0 Å². The monoisotopic (exact) mass is 256 g/mol. The summed E-state index contributed by atoms with van der Waals surface area (Å²) in [5.74, 6) is -1.90. The summed E-state index contributed by atoms with van der Waals surface area (Å²) in [7, 11) is 1.44. The van der Waals surface area contributed by atoms with E-state index in [9.17, 15) is 19.3 Å². The first-order valence-corrected chi connectivity index (χ1v) is 5.08. The minimum atomic E-state index is -1.30. The number of nitrogens with zero attached hydrogens (tertiary/aromatic N) is 2. The summed E-state index contributed by atoms with van der Waals surface area (Å²) >= 11 is 0. The third-order valence-corrected chi connectivity index (χ3v) is 2.83. The number of hydrogen-bond acceptors (Lipinski definition) is 4. The molecular weight excluding hydrogens is 243 g/mol. The molecule has 0 aliphatic heterocycles. The number of carboxylic acids is 1. The third kappa shape index (κ3) is 2.55. The van der Waals surface area contributed by atoms with Crippen molar-refractivity contribution < 1.29 is 19.2 Å². The van der Waals surface area contributed by atoms with Crippen LogP contribution in [-0.4, -0.2) is 28.6 Å². The van der Waals surface area contributed by atoms with Crippen LogP contribution in [0.2, 0.25) is 0 Å². The van der Waals surface area contributed by atoms with Crippen molar-refractivity contribution in [2.75, 3.05) is 11.9 Å². The summed E-state index contributed by atoms with van der Waals surface area (Å²) in [6.45, 7) is 2.85. The first-order chi connectivity index (χ1) is 8.16. The molecule has 0 fully saturated rings. The van der Waals surface area contributed by atoms with Gasteiger partial charge in [0.05, 0.1) is 11.0 Å². The number of carboxylic acid groups (broad SMARTS) is 1. The number of anilines is 1. The molecule has 0 aliphatic rings. The molecule has 98 valence electrons. The molecule has 0 bridgehead atoms. The lowest BCUT2D eigenvalue weighted by molar-refractivity contribution is -0.385. The van der Waals surface area contributed by atoms with Crippen LogP contribution in [0.15, 0.2) is 18.2 Å². The Balaban J connectivity index is 3.25. The molecule has 0 atom stereocenters. The number of aliphatic carboxylic acids is 1. The maximum atomic E-state index is 13.3. The topological polar surface area (TPSA) is 83.7 Å². The van der Waals surface area contributed by atoms with Crippen LogP contribution in [0.5, 0.6) is 0 Å².